The van der Waals surface area contributed by atoms with E-state index in [0.717, 1.165) is 31.4 Å². The van der Waals surface area contributed by atoms with Gasteiger partial charge < -0.3 is 9.47 Å². The molecule has 0 spiro atoms. The van der Waals surface area contributed by atoms with Gasteiger partial charge >= 0.3 is 12.5 Å². The number of halogens is 6. The fourth-order valence-electron chi connectivity index (χ4n) is 5.04. The molecular formula is C26H27F6NO3. The maximum atomic E-state index is 13.4. The zero-order chi connectivity index (χ0) is 26.0. The third-order valence-electron chi connectivity index (χ3n) is 7.01. The van der Waals surface area contributed by atoms with Crippen molar-refractivity contribution in [3.05, 3.63) is 59.7 Å². The second-order valence-electron chi connectivity index (χ2n) is 9.48. The molecule has 196 valence electrons. The summed E-state index contributed by atoms with van der Waals surface area (Å²) in [6, 6.07) is 10.4. The number of carbonyl (C=O) groups is 1. The number of hydrogen-bond donors (Lipinski definition) is 0. The molecule has 0 radical (unpaired) electrons. The van der Waals surface area contributed by atoms with E-state index in [1.54, 1.807) is 6.07 Å². The molecule has 1 saturated heterocycles. The summed E-state index contributed by atoms with van der Waals surface area (Å²) in [4.78, 5) is 15.4. The molecule has 10 heteroatoms. The standard InChI is InChI=1S/C26H27F6NO3/c27-25(28,29)19-8-10-20(11-9-19)35-17-18-5-3-14-33(15-18)16-23(34)24(12-4-13-24)21-6-1-2-7-22(21)36-26(30,31)32/h1-2,6-11,18H,3-5,12-17H2/t18-/m0/s1. The lowest BCUT2D eigenvalue weighted by Gasteiger charge is -2.43. The highest BCUT2D eigenvalue weighted by Crippen LogP contribution is 2.48. The molecule has 4 nitrogen and oxygen atoms in total. The predicted molar refractivity (Wildman–Crippen MR) is 120 cm³/mol. The first-order valence-electron chi connectivity index (χ1n) is 11.9. The quantitative estimate of drug-likeness (QED) is 0.382. The van der Waals surface area contributed by atoms with Crippen LogP contribution in [0.2, 0.25) is 0 Å². The van der Waals surface area contributed by atoms with E-state index in [1.807, 2.05) is 4.90 Å². The number of para-hydroxylation sites is 1. The summed E-state index contributed by atoms with van der Waals surface area (Å²) in [7, 11) is 0. The molecule has 2 aliphatic rings. The van der Waals surface area contributed by atoms with Gasteiger partial charge in [-0.05, 0) is 62.6 Å². The average Bonchev–Trinajstić information content (AvgIpc) is 2.77. The van der Waals surface area contributed by atoms with Gasteiger partial charge in [0.25, 0.3) is 0 Å². The van der Waals surface area contributed by atoms with Crippen LogP contribution in [0.5, 0.6) is 11.5 Å². The zero-order valence-electron chi connectivity index (χ0n) is 19.5. The Balaban J connectivity index is 1.37. The summed E-state index contributed by atoms with van der Waals surface area (Å²) >= 11 is 0. The smallest absolute Gasteiger partial charge is 0.493 e. The minimum Gasteiger partial charge on any atom is -0.493 e. The van der Waals surface area contributed by atoms with Gasteiger partial charge in [-0.3, -0.25) is 9.69 Å². The van der Waals surface area contributed by atoms with E-state index in [2.05, 4.69) is 4.74 Å². The number of likely N-dealkylation sites (tertiary alicyclic amines) is 1. The number of nitrogens with zero attached hydrogens (tertiary/aromatic N) is 1. The lowest BCUT2D eigenvalue weighted by molar-refractivity contribution is -0.275. The van der Waals surface area contributed by atoms with Crippen molar-refractivity contribution in [1.29, 1.82) is 0 Å². The minimum absolute atomic E-state index is 0.0760. The molecule has 0 amide bonds. The van der Waals surface area contributed by atoms with Crippen molar-refractivity contribution >= 4 is 5.78 Å². The highest BCUT2D eigenvalue weighted by Gasteiger charge is 2.48. The van der Waals surface area contributed by atoms with Gasteiger partial charge in [-0.1, -0.05) is 24.6 Å². The van der Waals surface area contributed by atoms with Gasteiger partial charge in [0.15, 0.2) is 5.78 Å². The number of benzene rings is 2. The Labute approximate surface area is 205 Å². The number of hydrogen-bond acceptors (Lipinski definition) is 4. The van der Waals surface area contributed by atoms with Crippen LogP contribution in [0.15, 0.2) is 48.5 Å². The van der Waals surface area contributed by atoms with Crippen LogP contribution in [0.3, 0.4) is 0 Å². The van der Waals surface area contributed by atoms with Gasteiger partial charge in [0.1, 0.15) is 11.5 Å². The first-order chi connectivity index (χ1) is 17.0. The highest BCUT2D eigenvalue weighted by molar-refractivity contribution is 5.93. The van der Waals surface area contributed by atoms with E-state index in [-0.39, 0.29) is 29.6 Å². The Morgan fingerprint density at radius 3 is 2.28 bits per heavy atom. The molecule has 1 saturated carbocycles. The highest BCUT2D eigenvalue weighted by atomic mass is 19.4. The Hall–Kier alpha value is -2.75. The van der Waals surface area contributed by atoms with E-state index >= 15 is 0 Å². The fourth-order valence-corrected chi connectivity index (χ4v) is 5.04. The lowest BCUT2D eigenvalue weighted by atomic mass is 9.61. The second-order valence-corrected chi connectivity index (χ2v) is 9.48. The molecule has 2 aromatic rings. The number of Topliss-reactive ketones (excluding diaryl/α,β-unsaturated/α-hetero) is 1. The number of ketones is 1. The predicted octanol–water partition coefficient (Wildman–Crippen LogP) is 6.39. The van der Waals surface area contributed by atoms with Gasteiger partial charge in [-0.2, -0.15) is 13.2 Å². The Morgan fingerprint density at radius 2 is 1.67 bits per heavy atom. The third-order valence-corrected chi connectivity index (χ3v) is 7.01. The Morgan fingerprint density at radius 1 is 0.972 bits per heavy atom. The van der Waals surface area contributed by atoms with Crippen LogP contribution in [0, 0.1) is 5.92 Å². The second kappa shape index (κ2) is 10.3. The van der Waals surface area contributed by atoms with Crippen LogP contribution in [-0.2, 0) is 16.4 Å². The van der Waals surface area contributed by atoms with Crippen LogP contribution < -0.4 is 9.47 Å². The molecule has 0 unspecified atom stereocenters. The molecule has 1 aliphatic heterocycles. The van der Waals surface area contributed by atoms with Crippen molar-refractivity contribution in [3.8, 4) is 11.5 Å². The number of alkyl halides is 6. The molecule has 2 aromatic carbocycles. The number of piperidine rings is 1. The summed E-state index contributed by atoms with van der Waals surface area (Å²) < 4.78 is 86.9. The maximum absolute atomic E-state index is 13.4. The van der Waals surface area contributed by atoms with Crippen LogP contribution in [0.25, 0.3) is 0 Å². The Kier molecular flexibility index (Phi) is 7.54. The van der Waals surface area contributed by atoms with E-state index in [9.17, 15) is 31.1 Å². The van der Waals surface area contributed by atoms with Gasteiger partial charge in [-0.25, -0.2) is 0 Å². The van der Waals surface area contributed by atoms with Gasteiger partial charge in [-0.15, -0.1) is 13.2 Å². The molecule has 0 bridgehead atoms. The fraction of sp³-hybridized carbons (Fsp3) is 0.500. The van der Waals surface area contributed by atoms with Crippen molar-refractivity contribution in [1.82, 2.24) is 4.90 Å². The molecule has 0 aromatic heterocycles. The lowest BCUT2D eigenvalue weighted by Crippen LogP contribution is -2.50. The molecule has 2 fully saturated rings. The normalized spacial score (nSPS) is 20.4. The van der Waals surface area contributed by atoms with Crippen LogP contribution >= 0.6 is 0 Å². The van der Waals surface area contributed by atoms with Crippen molar-refractivity contribution in [2.24, 2.45) is 5.92 Å². The van der Waals surface area contributed by atoms with E-state index in [4.69, 9.17) is 4.74 Å². The first-order valence-corrected chi connectivity index (χ1v) is 11.9. The molecule has 4 rings (SSSR count). The first kappa shape index (κ1) is 26.3. The van der Waals surface area contributed by atoms with Crippen molar-refractivity contribution in [2.75, 3.05) is 26.2 Å². The summed E-state index contributed by atoms with van der Waals surface area (Å²) in [6.45, 7) is 1.64. The molecule has 1 aliphatic carbocycles. The van der Waals surface area contributed by atoms with Gasteiger partial charge in [0.2, 0.25) is 0 Å². The van der Waals surface area contributed by atoms with Crippen LogP contribution in [0.4, 0.5) is 26.3 Å². The summed E-state index contributed by atoms with van der Waals surface area (Å²) in [5.41, 5.74) is -1.46. The van der Waals surface area contributed by atoms with Gasteiger partial charge in [0, 0.05) is 18.0 Å². The topological polar surface area (TPSA) is 38.8 Å². The monoisotopic (exact) mass is 515 g/mol. The molecular weight excluding hydrogens is 488 g/mol. The van der Waals surface area contributed by atoms with E-state index in [0.29, 0.717) is 38.3 Å². The SMILES string of the molecule is O=C(CN1CCC[C@H](COc2ccc(C(F)(F)F)cc2)C1)C1(c2ccccc2OC(F)(F)F)CCC1. The Bertz CT molecular complexity index is 1050. The summed E-state index contributed by atoms with van der Waals surface area (Å²) in [5, 5.41) is 0. The zero-order valence-corrected chi connectivity index (χ0v) is 19.5. The van der Waals surface area contributed by atoms with E-state index < -0.39 is 23.5 Å². The van der Waals surface area contributed by atoms with Gasteiger partial charge in [0.05, 0.1) is 24.1 Å². The van der Waals surface area contributed by atoms with Crippen molar-refractivity contribution < 1.29 is 40.6 Å². The van der Waals surface area contributed by atoms with Crippen molar-refractivity contribution in [3.63, 3.8) is 0 Å². The minimum atomic E-state index is -4.85. The largest absolute Gasteiger partial charge is 0.573 e. The maximum Gasteiger partial charge on any atom is 0.573 e. The number of carbonyl (C=O) groups excluding carboxylic acids is 1. The molecule has 0 N–H and O–H groups in total. The molecule has 36 heavy (non-hydrogen) atoms. The van der Waals surface area contributed by atoms with Crippen LogP contribution in [0.1, 0.15) is 43.2 Å². The molecule has 1 atom stereocenters. The molecule has 1 heterocycles. The summed E-state index contributed by atoms with van der Waals surface area (Å²) in [6.07, 6.45) is -5.91. The summed E-state index contributed by atoms with van der Waals surface area (Å²) in [5.74, 6) is -0.0475. The third kappa shape index (κ3) is 6.14. The van der Waals surface area contributed by atoms with E-state index in [1.165, 1.54) is 30.3 Å². The van der Waals surface area contributed by atoms with Crippen LogP contribution in [-0.4, -0.2) is 43.3 Å². The average molecular weight is 515 g/mol. The number of rotatable bonds is 8. The number of ether oxygens (including phenoxy) is 2. The van der Waals surface area contributed by atoms with Crippen molar-refractivity contribution in [2.45, 2.75) is 50.1 Å².